The van der Waals surface area contributed by atoms with Gasteiger partial charge in [-0.2, -0.15) is 0 Å². The van der Waals surface area contributed by atoms with Gasteiger partial charge in [0.1, 0.15) is 5.82 Å². The van der Waals surface area contributed by atoms with Crippen LogP contribution in [0.5, 0.6) is 0 Å². The van der Waals surface area contributed by atoms with Crippen LogP contribution in [0.1, 0.15) is 44.4 Å². The van der Waals surface area contributed by atoms with Crippen LogP contribution >= 0.6 is 0 Å². The van der Waals surface area contributed by atoms with Gasteiger partial charge in [-0.25, -0.2) is 4.39 Å². The standard InChI is InChI=1S/C21H25FN2O2/c1-21(2,3)20(26)23-14-13-18(25)24-19(15-7-5-4-6-8-15)16-9-11-17(22)12-10-16/h4-12,19H,13-14H2,1-3H3,(H,23,26)(H,24,25). The molecule has 0 heterocycles. The van der Waals surface area contributed by atoms with Crippen LogP contribution in [0.4, 0.5) is 4.39 Å². The summed E-state index contributed by atoms with van der Waals surface area (Å²) in [6.07, 6.45) is 0.173. The Bertz CT molecular complexity index is 737. The Morgan fingerprint density at radius 3 is 2.12 bits per heavy atom. The molecule has 138 valence electrons. The van der Waals surface area contributed by atoms with Crippen LogP contribution in [0.25, 0.3) is 0 Å². The van der Waals surface area contributed by atoms with Crippen molar-refractivity contribution in [1.82, 2.24) is 10.6 Å². The Morgan fingerprint density at radius 2 is 1.54 bits per heavy atom. The average molecular weight is 356 g/mol. The van der Waals surface area contributed by atoms with Gasteiger partial charge in [0.15, 0.2) is 0 Å². The Morgan fingerprint density at radius 1 is 0.962 bits per heavy atom. The predicted octanol–water partition coefficient (Wildman–Crippen LogP) is 3.58. The second kappa shape index (κ2) is 8.61. The van der Waals surface area contributed by atoms with Gasteiger partial charge in [-0.3, -0.25) is 9.59 Å². The zero-order chi connectivity index (χ0) is 19.2. The summed E-state index contributed by atoms with van der Waals surface area (Å²) >= 11 is 0. The topological polar surface area (TPSA) is 58.2 Å². The molecule has 0 fully saturated rings. The molecule has 0 bridgehead atoms. The van der Waals surface area contributed by atoms with Crippen LogP contribution in [-0.2, 0) is 9.59 Å². The lowest BCUT2D eigenvalue weighted by atomic mass is 9.96. The van der Waals surface area contributed by atoms with Gasteiger partial charge in [-0.05, 0) is 23.3 Å². The number of amides is 2. The van der Waals surface area contributed by atoms with E-state index in [1.807, 2.05) is 51.1 Å². The molecular formula is C21H25FN2O2. The smallest absolute Gasteiger partial charge is 0.225 e. The number of carbonyl (C=O) groups excluding carboxylic acids is 2. The highest BCUT2D eigenvalue weighted by Gasteiger charge is 2.21. The first-order chi connectivity index (χ1) is 12.3. The molecular weight excluding hydrogens is 331 g/mol. The van der Waals surface area contributed by atoms with E-state index in [4.69, 9.17) is 0 Å². The lowest BCUT2D eigenvalue weighted by Crippen LogP contribution is -2.38. The van der Waals surface area contributed by atoms with Crippen molar-refractivity contribution in [1.29, 1.82) is 0 Å². The number of hydrogen-bond acceptors (Lipinski definition) is 2. The van der Waals surface area contributed by atoms with Crippen molar-refractivity contribution < 1.29 is 14.0 Å². The van der Waals surface area contributed by atoms with Crippen LogP contribution in [0, 0.1) is 11.2 Å². The minimum atomic E-state index is -0.489. The van der Waals surface area contributed by atoms with Gasteiger partial charge in [0.2, 0.25) is 11.8 Å². The molecule has 0 radical (unpaired) electrons. The molecule has 0 spiro atoms. The van der Waals surface area contributed by atoms with Gasteiger partial charge >= 0.3 is 0 Å². The molecule has 1 unspecified atom stereocenters. The van der Waals surface area contributed by atoms with E-state index < -0.39 is 5.41 Å². The Labute approximate surface area is 153 Å². The summed E-state index contributed by atoms with van der Waals surface area (Å²) in [6, 6.07) is 15.2. The van der Waals surface area contributed by atoms with Crippen molar-refractivity contribution in [3.63, 3.8) is 0 Å². The van der Waals surface area contributed by atoms with Crippen LogP contribution < -0.4 is 10.6 Å². The first-order valence-corrected chi connectivity index (χ1v) is 8.65. The lowest BCUT2D eigenvalue weighted by Gasteiger charge is -2.21. The zero-order valence-electron chi connectivity index (χ0n) is 15.4. The third-order valence-corrected chi connectivity index (χ3v) is 3.96. The monoisotopic (exact) mass is 356 g/mol. The summed E-state index contributed by atoms with van der Waals surface area (Å²) in [5.41, 5.74) is 1.22. The predicted molar refractivity (Wildman–Crippen MR) is 99.9 cm³/mol. The highest BCUT2D eigenvalue weighted by molar-refractivity contribution is 5.82. The summed E-state index contributed by atoms with van der Waals surface area (Å²) in [7, 11) is 0. The van der Waals surface area contributed by atoms with Gasteiger partial charge in [-0.15, -0.1) is 0 Å². The molecule has 2 aromatic carbocycles. The van der Waals surface area contributed by atoms with Gasteiger partial charge in [0, 0.05) is 18.4 Å². The van der Waals surface area contributed by atoms with Gasteiger partial charge in [0.05, 0.1) is 6.04 Å². The maximum Gasteiger partial charge on any atom is 0.225 e. The van der Waals surface area contributed by atoms with Crippen molar-refractivity contribution in [3.8, 4) is 0 Å². The van der Waals surface area contributed by atoms with Gasteiger partial charge in [0.25, 0.3) is 0 Å². The highest BCUT2D eigenvalue weighted by atomic mass is 19.1. The summed E-state index contributed by atoms with van der Waals surface area (Å²) in [4.78, 5) is 24.2. The minimum Gasteiger partial charge on any atom is -0.355 e. The zero-order valence-corrected chi connectivity index (χ0v) is 15.4. The van der Waals surface area contributed by atoms with Crippen molar-refractivity contribution in [2.75, 3.05) is 6.54 Å². The number of hydrogen-bond donors (Lipinski definition) is 2. The molecule has 0 aliphatic carbocycles. The Kier molecular flexibility index (Phi) is 6.50. The molecule has 1 atom stereocenters. The van der Waals surface area contributed by atoms with Crippen LogP contribution in [0.15, 0.2) is 54.6 Å². The number of benzene rings is 2. The third kappa shape index (κ3) is 5.69. The van der Waals surface area contributed by atoms with Crippen molar-refractivity contribution in [2.24, 2.45) is 5.41 Å². The molecule has 4 nitrogen and oxygen atoms in total. The molecule has 2 amide bonds. The van der Waals surface area contributed by atoms with Crippen LogP contribution in [0.2, 0.25) is 0 Å². The molecule has 2 N–H and O–H groups in total. The summed E-state index contributed by atoms with van der Waals surface area (Å²) < 4.78 is 13.2. The first-order valence-electron chi connectivity index (χ1n) is 8.65. The van der Waals surface area contributed by atoms with E-state index >= 15 is 0 Å². The maximum absolute atomic E-state index is 13.2. The molecule has 0 aliphatic rings. The summed E-state index contributed by atoms with van der Waals surface area (Å²) in [5, 5.41) is 5.73. The molecule has 0 saturated heterocycles. The fourth-order valence-corrected chi connectivity index (χ4v) is 2.45. The van der Waals surface area contributed by atoms with Crippen LogP contribution in [0.3, 0.4) is 0 Å². The second-order valence-electron chi connectivity index (χ2n) is 7.22. The van der Waals surface area contributed by atoms with E-state index in [1.54, 1.807) is 12.1 Å². The molecule has 2 aromatic rings. The summed E-state index contributed by atoms with van der Waals surface area (Å²) in [6.45, 7) is 5.74. The Hall–Kier alpha value is -2.69. The van der Waals surface area contributed by atoms with E-state index in [0.29, 0.717) is 0 Å². The van der Waals surface area contributed by atoms with Crippen LogP contribution in [-0.4, -0.2) is 18.4 Å². The van der Waals surface area contributed by atoms with E-state index in [-0.39, 0.29) is 36.6 Å². The van der Waals surface area contributed by atoms with E-state index in [0.717, 1.165) is 11.1 Å². The van der Waals surface area contributed by atoms with E-state index in [1.165, 1.54) is 12.1 Å². The maximum atomic E-state index is 13.2. The first kappa shape index (κ1) is 19.6. The summed E-state index contributed by atoms with van der Waals surface area (Å²) in [5.74, 6) is -0.599. The second-order valence-corrected chi connectivity index (χ2v) is 7.22. The number of carbonyl (C=O) groups is 2. The Balaban J connectivity index is 2.04. The number of rotatable bonds is 6. The molecule has 5 heteroatoms. The fourth-order valence-electron chi connectivity index (χ4n) is 2.45. The number of halogens is 1. The molecule has 26 heavy (non-hydrogen) atoms. The van der Waals surface area contributed by atoms with Gasteiger partial charge < -0.3 is 10.6 Å². The quantitative estimate of drug-likeness (QED) is 0.831. The van der Waals surface area contributed by atoms with Crippen molar-refractivity contribution in [3.05, 3.63) is 71.5 Å². The van der Waals surface area contributed by atoms with Gasteiger partial charge in [-0.1, -0.05) is 63.2 Å². The SMILES string of the molecule is CC(C)(C)C(=O)NCCC(=O)NC(c1ccccc1)c1ccc(F)cc1. The molecule has 2 rings (SSSR count). The van der Waals surface area contributed by atoms with E-state index in [2.05, 4.69) is 10.6 Å². The van der Waals surface area contributed by atoms with Crippen molar-refractivity contribution >= 4 is 11.8 Å². The normalized spacial score (nSPS) is 12.3. The highest BCUT2D eigenvalue weighted by Crippen LogP contribution is 2.22. The molecule has 0 aromatic heterocycles. The molecule has 0 aliphatic heterocycles. The molecule has 0 saturated carbocycles. The van der Waals surface area contributed by atoms with Crippen molar-refractivity contribution in [2.45, 2.75) is 33.2 Å². The lowest BCUT2D eigenvalue weighted by molar-refractivity contribution is -0.128. The number of nitrogens with one attached hydrogen (secondary N) is 2. The fraction of sp³-hybridized carbons (Fsp3) is 0.333. The average Bonchev–Trinajstić information content (AvgIpc) is 2.60. The largest absolute Gasteiger partial charge is 0.355 e. The van der Waals surface area contributed by atoms with E-state index in [9.17, 15) is 14.0 Å². The third-order valence-electron chi connectivity index (χ3n) is 3.96. The minimum absolute atomic E-state index is 0.0940.